The highest BCUT2D eigenvalue weighted by Gasteiger charge is 2.16. The molecule has 0 radical (unpaired) electrons. The third-order valence-electron chi connectivity index (χ3n) is 3.40. The second kappa shape index (κ2) is 7.48. The van der Waals surface area contributed by atoms with E-state index in [9.17, 15) is 4.79 Å². The number of nitrogens with one attached hydrogen (secondary N) is 1. The normalized spacial score (nSPS) is 10.8. The molecule has 25 heavy (non-hydrogen) atoms. The number of hydrogen-bond donors (Lipinski definition) is 1. The first-order valence-corrected chi connectivity index (χ1v) is 8.84. The topological polar surface area (TPSA) is 34.0 Å². The first-order valence-electron chi connectivity index (χ1n) is 6.95. The van der Waals surface area contributed by atoms with E-state index in [0.29, 0.717) is 26.4 Å². The molecule has 0 unspecified atom stereocenters. The van der Waals surface area contributed by atoms with Crippen molar-refractivity contribution < 1.29 is 4.79 Å². The molecular formula is C17H9Cl5N2O. The van der Waals surface area contributed by atoms with Gasteiger partial charge in [0.05, 0.1) is 36.5 Å². The summed E-state index contributed by atoms with van der Waals surface area (Å²) >= 11 is 30.5. The number of halogens is 5. The van der Waals surface area contributed by atoms with E-state index in [4.69, 9.17) is 58.0 Å². The van der Waals surface area contributed by atoms with Crippen LogP contribution in [0.1, 0.15) is 10.4 Å². The quantitative estimate of drug-likeness (QED) is 0.443. The Bertz CT molecular complexity index is 931. The monoisotopic (exact) mass is 432 g/mol. The van der Waals surface area contributed by atoms with Crippen LogP contribution in [-0.4, -0.2) is 10.5 Å². The summed E-state index contributed by atoms with van der Waals surface area (Å²) in [6.45, 7) is 0. The van der Waals surface area contributed by atoms with Crippen LogP contribution in [-0.2, 0) is 0 Å². The van der Waals surface area contributed by atoms with Crippen molar-refractivity contribution in [2.24, 2.45) is 0 Å². The van der Waals surface area contributed by atoms with Crippen LogP contribution in [0.25, 0.3) is 5.69 Å². The van der Waals surface area contributed by atoms with Gasteiger partial charge in [-0.1, -0.05) is 58.0 Å². The fourth-order valence-electron chi connectivity index (χ4n) is 2.24. The van der Waals surface area contributed by atoms with Gasteiger partial charge in [0.25, 0.3) is 5.91 Å². The Morgan fingerprint density at radius 1 is 0.760 bits per heavy atom. The van der Waals surface area contributed by atoms with E-state index in [2.05, 4.69) is 5.32 Å². The van der Waals surface area contributed by atoms with Gasteiger partial charge in [-0.25, -0.2) is 0 Å². The minimum absolute atomic E-state index is 0.268. The minimum Gasteiger partial charge on any atom is -0.321 e. The van der Waals surface area contributed by atoms with Crippen LogP contribution < -0.4 is 5.32 Å². The van der Waals surface area contributed by atoms with Crippen LogP contribution in [0.3, 0.4) is 0 Å². The van der Waals surface area contributed by atoms with E-state index in [1.54, 1.807) is 4.57 Å². The molecule has 1 N–H and O–H groups in total. The maximum atomic E-state index is 12.5. The van der Waals surface area contributed by atoms with Crippen LogP contribution in [0.2, 0.25) is 25.1 Å². The number of carbonyl (C=O) groups excluding carboxylic acids is 1. The molecule has 3 aromatic rings. The lowest BCUT2D eigenvalue weighted by molar-refractivity contribution is 0.102. The third kappa shape index (κ3) is 3.91. The van der Waals surface area contributed by atoms with Crippen LogP contribution in [0, 0.1) is 0 Å². The van der Waals surface area contributed by atoms with Crippen molar-refractivity contribution in [3.05, 3.63) is 79.5 Å². The van der Waals surface area contributed by atoms with Gasteiger partial charge in [-0.3, -0.25) is 4.79 Å². The fraction of sp³-hybridized carbons (Fsp3) is 0. The van der Waals surface area contributed by atoms with Gasteiger partial charge in [0, 0.05) is 18.0 Å². The number of amides is 1. The summed E-state index contributed by atoms with van der Waals surface area (Å²) < 4.78 is 1.77. The van der Waals surface area contributed by atoms with Crippen molar-refractivity contribution in [2.75, 3.05) is 5.32 Å². The van der Waals surface area contributed by atoms with Gasteiger partial charge in [-0.15, -0.1) is 0 Å². The maximum absolute atomic E-state index is 12.5. The van der Waals surface area contributed by atoms with Gasteiger partial charge in [-0.2, -0.15) is 0 Å². The Balaban J connectivity index is 1.92. The second-order valence-electron chi connectivity index (χ2n) is 5.08. The number of benzene rings is 2. The zero-order chi connectivity index (χ0) is 18.1. The smallest absolute Gasteiger partial charge is 0.255 e. The Labute approximate surface area is 169 Å². The number of carbonyl (C=O) groups is 1. The molecule has 0 bridgehead atoms. The summed E-state index contributed by atoms with van der Waals surface area (Å²) in [5, 5.41) is 4.19. The molecule has 1 amide bonds. The first kappa shape index (κ1) is 18.4. The predicted octanol–water partition coefficient (Wildman–Crippen LogP) is 7.00. The Morgan fingerprint density at radius 3 is 1.92 bits per heavy atom. The standard InChI is InChI=1S/C17H9Cl5N2O/c18-10-7-12(20)15(8-11(10)19)23-17(25)9-5-13(21)16(14(22)6-9)24-3-1-2-4-24/h1-8H,(H,23,25). The molecule has 1 heterocycles. The Kier molecular flexibility index (Phi) is 5.52. The number of anilines is 1. The summed E-state index contributed by atoms with van der Waals surface area (Å²) in [5.41, 5.74) is 1.22. The highest BCUT2D eigenvalue weighted by atomic mass is 35.5. The molecule has 0 aliphatic rings. The highest BCUT2D eigenvalue weighted by Crippen LogP contribution is 2.34. The average Bonchev–Trinajstić information content (AvgIpc) is 3.05. The Morgan fingerprint density at radius 2 is 1.32 bits per heavy atom. The minimum atomic E-state index is -0.428. The van der Waals surface area contributed by atoms with E-state index in [-0.39, 0.29) is 15.6 Å². The summed E-state index contributed by atoms with van der Waals surface area (Å²) in [7, 11) is 0. The van der Waals surface area contributed by atoms with Crippen molar-refractivity contribution in [1.82, 2.24) is 4.57 Å². The van der Waals surface area contributed by atoms with Gasteiger partial charge in [0.2, 0.25) is 0 Å². The second-order valence-corrected chi connectivity index (χ2v) is 7.12. The summed E-state index contributed by atoms with van der Waals surface area (Å²) in [4.78, 5) is 12.5. The lowest BCUT2D eigenvalue weighted by Gasteiger charge is -2.12. The van der Waals surface area contributed by atoms with Crippen molar-refractivity contribution in [3.8, 4) is 5.69 Å². The van der Waals surface area contributed by atoms with Crippen molar-refractivity contribution in [3.63, 3.8) is 0 Å². The largest absolute Gasteiger partial charge is 0.321 e. The van der Waals surface area contributed by atoms with Crippen LogP contribution in [0.4, 0.5) is 5.69 Å². The van der Waals surface area contributed by atoms with Crippen LogP contribution in [0.5, 0.6) is 0 Å². The van der Waals surface area contributed by atoms with Gasteiger partial charge >= 0.3 is 0 Å². The molecule has 0 saturated heterocycles. The number of hydrogen-bond acceptors (Lipinski definition) is 1. The summed E-state index contributed by atoms with van der Waals surface area (Å²) in [6, 6.07) is 9.68. The molecule has 8 heteroatoms. The molecule has 2 aromatic carbocycles. The van der Waals surface area contributed by atoms with E-state index in [1.165, 1.54) is 24.3 Å². The van der Waals surface area contributed by atoms with Gasteiger partial charge in [-0.05, 0) is 36.4 Å². The fourth-order valence-corrected chi connectivity index (χ4v) is 3.52. The molecule has 0 aliphatic heterocycles. The lowest BCUT2D eigenvalue weighted by atomic mass is 10.1. The molecule has 0 atom stereocenters. The third-order valence-corrected chi connectivity index (χ3v) is 5.01. The van der Waals surface area contributed by atoms with Crippen molar-refractivity contribution >= 4 is 69.6 Å². The Hall–Kier alpha value is -1.36. The maximum Gasteiger partial charge on any atom is 0.255 e. The van der Waals surface area contributed by atoms with E-state index in [0.717, 1.165) is 0 Å². The molecule has 1 aromatic heterocycles. The van der Waals surface area contributed by atoms with Crippen LogP contribution >= 0.6 is 58.0 Å². The molecule has 128 valence electrons. The molecule has 0 fully saturated rings. The lowest BCUT2D eigenvalue weighted by Crippen LogP contribution is -2.13. The average molecular weight is 435 g/mol. The summed E-state index contributed by atoms with van der Waals surface area (Å²) in [5.74, 6) is -0.428. The van der Waals surface area contributed by atoms with E-state index in [1.807, 2.05) is 24.5 Å². The zero-order valence-corrected chi connectivity index (χ0v) is 16.1. The predicted molar refractivity (Wildman–Crippen MR) is 105 cm³/mol. The first-order chi connectivity index (χ1) is 11.9. The van der Waals surface area contributed by atoms with Crippen molar-refractivity contribution in [2.45, 2.75) is 0 Å². The molecule has 3 rings (SSSR count). The zero-order valence-electron chi connectivity index (χ0n) is 12.4. The number of nitrogens with zero attached hydrogens (tertiary/aromatic N) is 1. The van der Waals surface area contributed by atoms with Crippen molar-refractivity contribution in [1.29, 1.82) is 0 Å². The number of aromatic nitrogens is 1. The molecule has 0 spiro atoms. The van der Waals surface area contributed by atoms with E-state index < -0.39 is 5.91 Å². The van der Waals surface area contributed by atoms with E-state index >= 15 is 0 Å². The molecule has 0 aliphatic carbocycles. The molecule has 3 nitrogen and oxygen atoms in total. The van der Waals surface area contributed by atoms with Gasteiger partial charge < -0.3 is 9.88 Å². The van der Waals surface area contributed by atoms with Crippen LogP contribution in [0.15, 0.2) is 48.8 Å². The highest BCUT2D eigenvalue weighted by molar-refractivity contribution is 6.44. The van der Waals surface area contributed by atoms with Gasteiger partial charge in [0.15, 0.2) is 0 Å². The summed E-state index contributed by atoms with van der Waals surface area (Å²) in [6.07, 6.45) is 3.62. The van der Waals surface area contributed by atoms with Gasteiger partial charge in [0.1, 0.15) is 0 Å². The number of rotatable bonds is 3. The molecule has 0 saturated carbocycles. The molecular weight excluding hydrogens is 425 g/mol. The SMILES string of the molecule is O=C(Nc1cc(Cl)c(Cl)cc1Cl)c1cc(Cl)c(-n2cccc2)c(Cl)c1.